The first kappa shape index (κ1) is 13.4. The van der Waals surface area contributed by atoms with Crippen LogP contribution in [0.25, 0.3) is 0 Å². The molecule has 1 aliphatic heterocycles. The molecule has 0 amide bonds. The van der Waals surface area contributed by atoms with E-state index in [0.29, 0.717) is 18.1 Å². The lowest BCUT2D eigenvalue weighted by Crippen LogP contribution is -2.58. The van der Waals surface area contributed by atoms with E-state index in [4.69, 9.17) is 4.74 Å². The van der Waals surface area contributed by atoms with E-state index in [1.54, 1.807) is 0 Å². The molecule has 0 bridgehead atoms. The molecule has 0 radical (unpaired) electrons. The minimum atomic E-state index is 0.0640. The van der Waals surface area contributed by atoms with Crippen molar-refractivity contribution in [3.63, 3.8) is 0 Å². The third kappa shape index (κ3) is 3.69. The zero-order valence-electron chi connectivity index (χ0n) is 11.8. The van der Waals surface area contributed by atoms with Crippen molar-refractivity contribution >= 4 is 0 Å². The Bertz CT molecular complexity index is 241. The minimum absolute atomic E-state index is 0.0640. The highest BCUT2D eigenvalue weighted by Crippen LogP contribution is 2.31. The van der Waals surface area contributed by atoms with Crippen LogP contribution in [0, 0.1) is 5.92 Å². The molecule has 1 heterocycles. The molecule has 2 heteroatoms. The molecule has 1 aliphatic carbocycles. The third-order valence-corrected chi connectivity index (χ3v) is 4.22. The molecule has 2 aliphatic rings. The van der Waals surface area contributed by atoms with Crippen LogP contribution in [0.15, 0.2) is 0 Å². The Hall–Kier alpha value is -0.0800. The standard InChI is InChI=1S/C15H29NO/c1-12(2)10-15(3)11-16-13-8-6-4-5-7-9-14(13)17-15/h12-14,16H,4-11H2,1-3H3. The lowest BCUT2D eigenvalue weighted by Gasteiger charge is -2.45. The van der Waals surface area contributed by atoms with Gasteiger partial charge in [0.25, 0.3) is 0 Å². The Morgan fingerprint density at radius 2 is 1.88 bits per heavy atom. The molecule has 0 aromatic rings. The highest BCUT2D eigenvalue weighted by molar-refractivity contribution is 4.92. The second-order valence-corrected chi connectivity index (χ2v) is 6.68. The Morgan fingerprint density at radius 1 is 1.18 bits per heavy atom. The van der Waals surface area contributed by atoms with Crippen molar-refractivity contribution in [1.29, 1.82) is 0 Å². The average Bonchev–Trinajstić information content (AvgIpc) is 2.19. The van der Waals surface area contributed by atoms with E-state index in [2.05, 4.69) is 26.1 Å². The highest BCUT2D eigenvalue weighted by Gasteiger charge is 2.38. The summed E-state index contributed by atoms with van der Waals surface area (Å²) in [5.41, 5.74) is 0.0640. The predicted octanol–water partition coefficient (Wildman–Crippen LogP) is 3.50. The topological polar surface area (TPSA) is 21.3 Å². The molecular weight excluding hydrogens is 210 g/mol. The number of ether oxygens (including phenoxy) is 1. The van der Waals surface area contributed by atoms with Gasteiger partial charge in [-0.1, -0.05) is 39.5 Å². The SMILES string of the molecule is CC(C)CC1(C)CNC2CCCCCCC2O1. The summed E-state index contributed by atoms with van der Waals surface area (Å²) in [4.78, 5) is 0. The highest BCUT2D eigenvalue weighted by atomic mass is 16.5. The van der Waals surface area contributed by atoms with Gasteiger partial charge in [0.2, 0.25) is 0 Å². The van der Waals surface area contributed by atoms with E-state index in [-0.39, 0.29) is 5.60 Å². The number of hydrogen-bond acceptors (Lipinski definition) is 2. The zero-order chi connectivity index (χ0) is 12.3. The van der Waals surface area contributed by atoms with Crippen molar-refractivity contribution in [1.82, 2.24) is 5.32 Å². The molecule has 1 saturated heterocycles. The fourth-order valence-corrected chi connectivity index (χ4v) is 3.56. The van der Waals surface area contributed by atoms with Gasteiger partial charge in [-0.25, -0.2) is 0 Å². The van der Waals surface area contributed by atoms with Crippen molar-refractivity contribution in [2.24, 2.45) is 5.92 Å². The molecule has 2 rings (SSSR count). The van der Waals surface area contributed by atoms with Crippen LogP contribution in [0.4, 0.5) is 0 Å². The molecule has 0 spiro atoms. The molecular formula is C15H29NO. The molecule has 0 aromatic heterocycles. The van der Waals surface area contributed by atoms with Gasteiger partial charge in [0.05, 0.1) is 11.7 Å². The van der Waals surface area contributed by atoms with Gasteiger partial charge < -0.3 is 10.1 Å². The molecule has 1 N–H and O–H groups in total. The van der Waals surface area contributed by atoms with Gasteiger partial charge in [-0.2, -0.15) is 0 Å². The van der Waals surface area contributed by atoms with Gasteiger partial charge in [0.15, 0.2) is 0 Å². The fraction of sp³-hybridized carbons (Fsp3) is 1.00. The Labute approximate surface area is 107 Å². The number of hydrogen-bond donors (Lipinski definition) is 1. The maximum absolute atomic E-state index is 6.46. The summed E-state index contributed by atoms with van der Waals surface area (Å²) in [6, 6.07) is 0.621. The van der Waals surface area contributed by atoms with Crippen molar-refractivity contribution < 1.29 is 4.74 Å². The van der Waals surface area contributed by atoms with Gasteiger partial charge in [-0.05, 0) is 32.1 Å². The van der Waals surface area contributed by atoms with Gasteiger partial charge >= 0.3 is 0 Å². The van der Waals surface area contributed by atoms with Crippen LogP contribution in [-0.4, -0.2) is 24.3 Å². The monoisotopic (exact) mass is 239 g/mol. The maximum Gasteiger partial charge on any atom is 0.0785 e. The van der Waals surface area contributed by atoms with Gasteiger partial charge in [-0.15, -0.1) is 0 Å². The molecule has 1 saturated carbocycles. The van der Waals surface area contributed by atoms with Crippen molar-refractivity contribution in [2.75, 3.05) is 6.54 Å². The quantitative estimate of drug-likeness (QED) is 0.796. The summed E-state index contributed by atoms with van der Waals surface area (Å²) >= 11 is 0. The van der Waals surface area contributed by atoms with Crippen LogP contribution in [-0.2, 0) is 4.74 Å². The summed E-state index contributed by atoms with van der Waals surface area (Å²) in [6.07, 6.45) is 9.73. The molecule has 2 fully saturated rings. The minimum Gasteiger partial charge on any atom is -0.369 e. The van der Waals surface area contributed by atoms with Crippen LogP contribution in [0.5, 0.6) is 0 Å². The number of nitrogens with one attached hydrogen (secondary N) is 1. The van der Waals surface area contributed by atoms with Gasteiger partial charge in [0.1, 0.15) is 0 Å². The van der Waals surface area contributed by atoms with Crippen LogP contribution in [0.3, 0.4) is 0 Å². The van der Waals surface area contributed by atoms with E-state index in [0.717, 1.165) is 6.54 Å². The molecule has 3 atom stereocenters. The summed E-state index contributed by atoms with van der Waals surface area (Å²) in [7, 11) is 0. The average molecular weight is 239 g/mol. The largest absolute Gasteiger partial charge is 0.369 e. The van der Waals surface area contributed by atoms with Crippen molar-refractivity contribution in [2.45, 2.75) is 83.5 Å². The summed E-state index contributed by atoms with van der Waals surface area (Å²) in [6.45, 7) is 7.90. The van der Waals surface area contributed by atoms with Crippen molar-refractivity contribution in [3.8, 4) is 0 Å². The Balaban J connectivity index is 1.95. The predicted molar refractivity (Wildman–Crippen MR) is 72.2 cm³/mol. The van der Waals surface area contributed by atoms with Crippen molar-refractivity contribution in [3.05, 3.63) is 0 Å². The Morgan fingerprint density at radius 3 is 2.59 bits per heavy atom. The summed E-state index contributed by atoms with van der Waals surface area (Å²) < 4.78 is 6.46. The lowest BCUT2D eigenvalue weighted by atomic mass is 9.87. The molecule has 3 unspecified atom stereocenters. The third-order valence-electron chi connectivity index (χ3n) is 4.22. The van der Waals surface area contributed by atoms with Crippen LogP contribution < -0.4 is 5.32 Å². The second-order valence-electron chi connectivity index (χ2n) is 6.68. The first-order chi connectivity index (χ1) is 8.09. The molecule has 100 valence electrons. The van der Waals surface area contributed by atoms with Crippen LogP contribution >= 0.6 is 0 Å². The second kappa shape index (κ2) is 5.71. The van der Waals surface area contributed by atoms with Crippen LogP contribution in [0.1, 0.15) is 65.7 Å². The van der Waals surface area contributed by atoms with E-state index in [1.807, 2.05) is 0 Å². The summed E-state index contributed by atoms with van der Waals surface area (Å²) in [5.74, 6) is 0.715. The smallest absolute Gasteiger partial charge is 0.0785 e. The van der Waals surface area contributed by atoms with Crippen LogP contribution in [0.2, 0.25) is 0 Å². The fourth-order valence-electron chi connectivity index (χ4n) is 3.56. The lowest BCUT2D eigenvalue weighted by molar-refractivity contribution is -0.139. The Kier molecular flexibility index (Phi) is 4.48. The molecule has 0 aromatic carbocycles. The normalized spacial score (nSPS) is 39.5. The van der Waals surface area contributed by atoms with Gasteiger partial charge in [-0.3, -0.25) is 0 Å². The van der Waals surface area contributed by atoms with Gasteiger partial charge in [0, 0.05) is 12.6 Å². The van der Waals surface area contributed by atoms with E-state index in [1.165, 1.54) is 44.9 Å². The van der Waals surface area contributed by atoms with E-state index < -0.39 is 0 Å². The zero-order valence-corrected chi connectivity index (χ0v) is 11.8. The first-order valence-corrected chi connectivity index (χ1v) is 7.50. The molecule has 17 heavy (non-hydrogen) atoms. The first-order valence-electron chi connectivity index (χ1n) is 7.50. The number of morpholine rings is 1. The van der Waals surface area contributed by atoms with E-state index >= 15 is 0 Å². The number of fused-ring (bicyclic) bond motifs is 1. The van der Waals surface area contributed by atoms with E-state index in [9.17, 15) is 0 Å². The summed E-state index contributed by atoms with van der Waals surface area (Å²) in [5, 5.41) is 3.76. The maximum atomic E-state index is 6.46. The number of rotatable bonds is 2. The molecule has 2 nitrogen and oxygen atoms in total.